The molecule has 4 aromatic rings. The van der Waals surface area contributed by atoms with E-state index in [0.717, 1.165) is 33.2 Å². The van der Waals surface area contributed by atoms with Gasteiger partial charge in [0.15, 0.2) is 5.15 Å². The monoisotopic (exact) mass is 382 g/mol. The van der Waals surface area contributed by atoms with E-state index < -0.39 is 0 Å². The van der Waals surface area contributed by atoms with Crippen LogP contribution in [0.15, 0.2) is 40.9 Å². The Bertz CT molecular complexity index is 1130. The summed E-state index contributed by atoms with van der Waals surface area (Å²) in [6, 6.07) is 11.7. The van der Waals surface area contributed by atoms with Gasteiger partial charge in [-0.15, -0.1) is 0 Å². The van der Waals surface area contributed by atoms with Gasteiger partial charge in [-0.1, -0.05) is 35.0 Å². The fourth-order valence-corrected chi connectivity index (χ4v) is 3.41. The SMILES string of the molecule is Cc1c(CO)cccc1-c1noc(-c2ccc3c(c2)c(Cl)nn3C(C)C)n1. The van der Waals surface area contributed by atoms with Gasteiger partial charge in [0.2, 0.25) is 5.82 Å². The van der Waals surface area contributed by atoms with Crippen LogP contribution in [0, 0.1) is 6.92 Å². The number of aliphatic hydroxyl groups is 1. The highest BCUT2D eigenvalue weighted by molar-refractivity contribution is 6.34. The summed E-state index contributed by atoms with van der Waals surface area (Å²) in [6.45, 7) is 6.02. The lowest BCUT2D eigenvalue weighted by molar-refractivity contribution is 0.281. The molecular weight excluding hydrogens is 364 g/mol. The van der Waals surface area contributed by atoms with E-state index in [1.54, 1.807) is 0 Å². The molecule has 0 aliphatic heterocycles. The zero-order valence-electron chi connectivity index (χ0n) is 15.3. The van der Waals surface area contributed by atoms with Gasteiger partial charge in [-0.3, -0.25) is 4.68 Å². The number of nitrogens with zero attached hydrogens (tertiary/aromatic N) is 4. The Balaban J connectivity index is 1.77. The van der Waals surface area contributed by atoms with Crippen LogP contribution < -0.4 is 0 Å². The van der Waals surface area contributed by atoms with E-state index in [4.69, 9.17) is 16.1 Å². The molecule has 0 atom stereocenters. The van der Waals surface area contributed by atoms with Crippen molar-refractivity contribution >= 4 is 22.5 Å². The Morgan fingerprint density at radius 1 is 1.22 bits per heavy atom. The number of halogens is 1. The summed E-state index contributed by atoms with van der Waals surface area (Å²) in [6.07, 6.45) is 0. The number of aromatic nitrogens is 4. The number of benzene rings is 2. The second kappa shape index (κ2) is 6.79. The summed E-state index contributed by atoms with van der Waals surface area (Å²) in [5.41, 5.74) is 4.35. The van der Waals surface area contributed by atoms with Crippen LogP contribution in [-0.4, -0.2) is 25.0 Å². The molecule has 0 spiro atoms. The Morgan fingerprint density at radius 3 is 2.78 bits per heavy atom. The van der Waals surface area contributed by atoms with E-state index in [9.17, 15) is 5.11 Å². The first-order valence-corrected chi connectivity index (χ1v) is 9.09. The fourth-order valence-electron chi connectivity index (χ4n) is 3.18. The summed E-state index contributed by atoms with van der Waals surface area (Å²) in [4.78, 5) is 4.54. The maximum Gasteiger partial charge on any atom is 0.258 e. The zero-order valence-corrected chi connectivity index (χ0v) is 16.0. The van der Waals surface area contributed by atoms with Crippen LogP contribution in [0.4, 0.5) is 0 Å². The van der Waals surface area contributed by atoms with Gasteiger partial charge in [0.1, 0.15) is 0 Å². The lowest BCUT2D eigenvalue weighted by Crippen LogP contribution is -2.01. The lowest BCUT2D eigenvalue weighted by atomic mass is 10.0. The van der Waals surface area contributed by atoms with Crippen molar-refractivity contribution in [2.24, 2.45) is 0 Å². The average molecular weight is 383 g/mol. The van der Waals surface area contributed by atoms with Gasteiger partial charge in [0, 0.05) is 22.6 Å². The smallest absolute Gasteiger partial charge is 0.258 e. The third kappa shape index (κ3) is 3.01. The van der Waals surface area contributed by atoms with E-state index in [1.807, 2.05) is 48.0 Å². The van der Waals surface area contributed by atoms with Crippen molar-refractivity contribution in [1.82, 2.24) is 19.9 Å². The second-order valence-corrected chi connectivity index (χ2v) is 7.09. The van der Waals surface area contributed by atoms with Gasteiger partial charge >= 0.3 is 0 Å². The number of fused-ring (bicyclic) bond motifs is 1. The summed E-state index contributed by atoms with van der Waals surface area (Å²) < 4.78 is 7.38. The summed E-state index contributed by atoms with van der Waals surface area (Å²) in [5.74, 6) is 0.899. The van der Waals surface area contributed by atoms with E-state index in [0.29, 0.717) is 16.9 Å². The van der Waals surface area contributed by atoms with Crippen LogP contribution in [0.3, 0.4) is 0 Å². The molecule has 0 bridgehead atoms. The van der Waals surface area contributed by atoms with E-state index >= 15 is 0 Å². The van der Waals surface area contributed by atoms with Crippen molar-refractivity contribution in [3.63, 3.8) is 0 Å². The molecule has 138 valence electrons. The first-order valence-electron chi connectivity index (χ1n) is 8.71. The van der Waals surface area contributed by atoms with Crippen LogP contribution in [0.2, 0.25) is 5.15 Å². The minimum absolute atomic E-state index is 0.0284. The average Bonchev–Trinajstić information content (AvgIpc) is 3.27. The maximum atomic E-state index is 9.46. The molecule has 0 aliphatic carbocycles. The number of rotatable bonds is 4. The zero-order chi connectivity index (χ0) is 19.1. The summed E-state index contributed by atoms with van der Waals surface area (Å²) >= 11 is 6.31. The molecule has 0 radical (unpaired) electrons. The molecule has 2 aromatic heterocycles. The fraction of sp³-hybridized carbons (Fsp3) is 0.250. The van der Waals surface area contributed by atoms with Gasteiger partial charge in [-0.05, 0) is 50.1 Å². The van der Waals surface area contributed by atoms with Crippen molar-refractivity contribution in [2.45, 2.75) is 33.4 Å². The molecule has 1 N–H and O–H groups in total. The first kappa shape index (κ1) is 17.7. The molecule has 2 aromatic carbocycles. The molecule has 0 saturated heterocycles. The summed E-state index contributed by atoms with van der Waals surface area (Å²) in [5, 5.41) is 19.3. The molecule has 4 rings (SSSR count). The van der Waals surface area contributed by atoms with Crippen molar-refractivity contribution in [2.75, 3.05) is 0 Å². The third-order valence-electron chi connectivity index (χ3n) is 4.68. The number of hydrogen-bond donors (Lipinski definition) is 1. The largest absolute Gasteiger partial charge is 0.392 e. The van der Waals surface area contributed by atoms with Crippen molar-refractivity contribution in [3.8, 4) is 22.8 Å². The van der Waals surface area contributed by atoms with Gasteiger partial charge < -0.3 is 9.63 Å². The minimum atomic E-state index is -0.0284. The standard InChI is InChI=1S/C20H19ClN4O2/c1-11(2)25-17-8-7-13(9-16(17)18(21)23-25)20-22-19(24-27-20)15-6-4-5-14(10-26)12(15)3/h4-9,11,26H,10H2,1-3H3. The Hall–Kier alpha value is -2.70. The molecule has 7 heteroatoms. The van der Waals surface area contributed by atoms with Gasteiger partial charge in [-0.2, -0.15) is 10.1 Å². The van der Waals surface area contributed by atoms with Gasteiger partial charge in [0.05, 0.1) is 12.1 Å². The Labute approximate surface area is 161 Å². The maximum absolute atomic E-state index is 9.46. The predicted molar refractivity (Wildman–Crippen MR) is 105 cm³/mol. The van der Waals surface area contributed by atoms with Gasteiger partial charge in [0.25, 0.3) is 5.89 Å². The van der Waals surface area contributed by atoms with Crippen LogP contribution in [0.5, 0.6) is 0 Å². The van der Waals surface area contributed by atoms with Crippen molar-refractivity contribution < 1.29 is 9.63 Å². The highest BCUT2D eigenvalue weighted by atomic mass is 35.5. The quantitative estimate of drug-likeness (QED) is 0.549. The highest BCUT2D eigenvalue weighted by Crippen LogP contribution is 2.31. The molecule has 27 heavy (non-hydrogen) atoms. The molecule has 0 unspecified atom stereocenters. The van der Waals surface area contributed by atoms with E-state index in [2.05, 4.69) is 29.1 Å². The molecule has 0 fully saturated rings. The highest BCUT2D eigenvalue weighted by Gasteiger charge is 2.17. The topological polar surface area (TPSA) is 77.0 Å². The molecule has 6 nitrogen and oxygen atoms in total. The molecule has 0 aliphatic rings. The van der Waals surface area contributed by atoms with Gasteiger partial charge in [-0.25, -0.2) is 0 Å². The second-order valence-electron chi connectivity index (χ2n) is 6.73. The molecule has 0 amide bonds. The lowest BCUT2D eigenvalue weighted by Gasteiger charge is -2.06. The third-order valence-corrected chi connectivity index (χ3v) is 4.96. The number of hydrogen-bond acceptors (Lipinski definition) is 5. The van der Waals surface area contributed by atoms with E-state index in [1.165, 1.54) is 0 Å². The number of aliphatic hydroxyl groups excluding tert-OH is 1. The molecule has 2 heterocycles. The van der Waals surface area contributed by atoms with Crippen LogP contribution >= 0.6 is 11.6 Å². The molecule has 0 saturated carbocycles. The summed E-state index contributed by atoms with van der Waals surface area (Å²) in [7, 11) is 0. The first-order chi connectivity index (χ1) is 13.0. The normalized spacial score (nSPS) is 11.6. The Kier molecular flexibility index (Phi) is 4.45. The predicted octanol–water partition coefficient (Wildman–Crippen LogP) is 4.79. The van der Waals surface area contributed by atoms with Crippen molar-refractivity contribution in [3.05, 3.63) is 52.7 Å². The molecular formula is C20H19ClN4O2. The van der Waals surface area contributed by atoms with E-state index in [-0.39, 0.29) is 12.6 Å². The van der Waals surface area contributed by atoms with Crippen molar-refractivity contribution in [1.29, 1.82) is 0 Å². The van der Waals surface area contributed by atoms with Crippen LogP contribution in [0.1, 0.15) is 31.0 Å². The Morgan fingerprint density at radius 2 is 2.04 bits per heavy atom. The minimum Gasteiger partial charge on any atom is -0.392 e. The van der Waals surface area contributed by atoms with Crippen LogP contribution in [-0.2, 0) is 6.61 Å². The van der Waals surface area contributed by atoms with Crippen LogP contribution in [0.25, 0.3) is 33.7 Å².